The van der Waals surface area contributed by atoms with Crippen LogP contribution in [0.2, 0.25) is 0 Å². The lowest BCUT2D eigenvalue weighted by molar-refractivity contribution is 0.102. The summed E-state index contributed by atoms with van der Waals surface area (Å²) in [5, 5.41) is 8.13. The molecular formula is C14H18N2O. The molecule has 2 rings (SSSR count). The fourth-order valence-corrected chi connectivity index (χ4v) is 2.19. The Labute approximate surface area is 102 Å². The van der Waals surface area contributed by atoms with Crippen LogP contribution >= 0.6 is 0 Å². The lowest BCUT2D eigenvalue weighted by Gasteiger charge is -2.13. The molecule has 0 amide bonds. The molecule has 0 saturated carbocycles. The second kappa shape index (κ2) is 5.21. The molecule has 3 heteroatoms. The molecule has 0 bridgehead atoms. The van der Waals surface area contributed by atoms with Crippen molar-refractivity contribution in [2.75, 3.05) is 0 Å². The van der Waals surface area contributed by atoms with Gasteiger partial charge in [-0.15, -0.1) is 0 Å². The third-order valence-corrected chi connectivity index (χ3v) is 3.15. The summed E-state index contributed by atoms with van der Waals surface area (Å²) in [5.41, 5.74) is 3.32. The first-order valence-corrected chi connectivity index (χ1v) is 6.29. The molecule has 0 N–H and O–H groups in total. The summed E-state index contributed by atoms with van der Waals surface area (Å²) in [6.45, 7) is 3.88. The fourth-order valence-electron chi connectivity index (χ4n) is 2.19. The maximum absolute atomic E-state index is 12.4. The van der Waals surface area contributed by atoms with Gasteiger partial charge in [0.15, 0.2) is 5.78 Å². The first kappa shape index (κ1) is 12.0. The van der Waals surface area contributed by atoms with Gasteiger partial charge < -0.3 is 0 Å². The molecule has 0 saturated heterocycles. The molecule has 0 spiro atoms. The van der Waals surface area contributed by atoms with E-state index in [-0.39, 0.29) is 5.78 Å². The largest absolute Gasteiger partial charge is 0.289 e. The van der Waals surface area contributed by atoms with Crippen molar-refractivity contribution in [2.24, 2.45) is 0 Å². The van der Waals surface area contributed by atoms with E-state index in [1.54, 1.807) is 0 Å². The zero-order valence-electron chi connectivity index (χ0n) is 10.5. The number of aryl methyl sites for hydroxylation is 2. The summed E-state index contributed by atoms with van der Waals surface area (Å²) in [4.78, 5) is 12.4. The molecule has 1 aromatic heterocycles. The number of carbonyl (C=O) groups excluding carboxylic acids is 1. The Bertz CT molecular complexity index is 463. The van der Waals surface area contributed by atoms with Crippen molar-refractivity contribution in [3.05, 3.63) is 34.7 Å². The predicted molar refractivity (Wildman–Crippen MR) is 67.0 cm³/mol. The topological polar surface area (TPSA) is 42.9 Å². The number of hydrogen-bond donors (Lipinski definition) is 0. The summed E-state index contributed by atoms with van der Waals surface area (Å²) in [6.07, 6.45) is 7.09. The highest BCUT2D eigenvalue weighted by Gasteiger charge is 2.18. The second-order valence-electron chi connectivity index (χ2n) is 4.50. The van der Waals surface area contributed by atoms with E-state index < -0.39 is 0 Å². The Morgan fingerprint density at radius 2 is 2.18 bits per heavy atom. The van der Waals surface area contributed by atoms with E-state index in [2.05, 4.69) is 16.3 Å². The molecule has 0 atom stereocenters. The van der Waals surface area contributed by atoms with Crippen molar-refractivity contribution in [2.45, 2.75) is 46.0 Å². The van der Waals surface area contributed by atoms with Crippen molar-refractivity contribution >= 4 is 5.78 Å². The van der Waals surface area contributed by atoms with E-state index in [0.717, 1.165) is 48.2 Å². The van der Waals surface area contributed by atoms with Crippen LogP contribution in [0.4, 0.5) is 0 Å². The molecule has 1 aliphatic carbocycles. The molecule has 0 aliphatic heterocycles. The smallest absolute Gasteiger partial charge is 0.190 e. The number of carbonyl (C=O) groups is 1. The maximum atomic E-state index is 12.4. The number of rotatable bonds is 3. The van der Waals surface area contributed by atoms with Gasteiger partial charge in [0, 0.05) is 5.56 Å². The van der Waals surface area contributed by atoms with Gasteiger partial charge in [-0.05, 0) is 50.7 Å². The molecule has 1 aromatic rings. The zero-order chi connectivity index (χ0) is 12.3. The molecule has 1 aliphatic rings. The first-order valence-electron chi connectivity index (χ1n) is 6.29. The van der Waals surface area contributed by atoms with Gasteiger partial charge in [0.05, 0.1) is 11.4 Å². The second-order valence-corrected chi connectivity index (χ2v) is 4.50. The average Bonchev–Trinajstić information content (AvgIpc) is 2.39. The predicted octanol–water partition coefficient (Wildman–Crippen LogP) is 3.03. The number of Topliss-reactive ketones (excluding diaryl/α,β-unsaturated/α-hetero) is 1. The van der Waals surface area contributed by atoms with Crippen molar-refractivity contribution in [1.29, 1.82) is 0 Å². The van der Waals surface area contributed by atoms with Crippen molar-refractivity contribution in [3.63, 3.8) is 0 Å². The van der Waals surface area contributed by atoms with Crippen molar-refractivity contribution < 1.29 is 4.79 Å². The van der Waals surface area contributed by atoms with Gasteiger partial charge in [-0.2, -0.15) is 10.2 Å². The van der Waals surface area contributed by atoms with E-state index in [0.29, 0.717) is 0 Å². The third kappa shape index (κ3) is 2.60. The lowest BCUT2D eigenvalue weighted by atomic mass is 9.92. The van der Waals surface area contributed by atoms with Crippen LogP contribution in [0.3, 0.4) is 0 Å². The Hall–Kier alpha value is -1.51. The quantitative estimate of drug-likeness (QED) is 0.749. The molecule has 90 valence electrons. The van der Waals surface area contributed by atoms with E-state index in [9.17, 15) is 4.79 Å². The molecule has 17 heavy (non-hydrogen) atoms. The minimum Gasteiger partial charge on any atom is -0.289 e. The molecule has 1 heterocycles. The summed E-state index contributed by atoms with van der Waals surface area (Å²) in [7, 11) is 0. The van der Waals surface area contributed by atoms with Crippen LogP contribution in [0.1, 0.15) is 54.4 Å². The van der Waals surface area contributed by atoms with Gasteiger partial charge in [0.1, 0.15) is 0 Å². The van der Waals surface area contributed by atoms with E-state index in [4.69, 9.17) is 0 Å². The van der Waals surface area contributed by atoms with Gasteiger partial charge in [0.2, 0.25) is 0 Å². The fraction of sp³-hybridized carbons (Fsp3) is 0.500. The van der Waals surface area contributed by atoms with Crippen LogP contribution in [0.5, 0.6) is 0 Å². The monoisotopic (exact) mass is 230 g/mol. The normalized spacial score (nSPS) is 15.5. The molecule has 0 unspecified atom stereocenters. The van der Waals surface area contributed by atoms with E-state index >= 15 is 0 Å². The van der Waals surface area contributed by atoms with Crippen LogP contribution in [0.25, 0.3) is 0 Å². The summed E-state index contributed by atoms with van der Waals surface area (Å²) >= 11 is 0. The molecule has 0 radical (unpaired) electrons. The highest BCUT2D eigenvalue weighted by Crippen LogP contribution is 2.22. The van der Waals surface area contributed by atoms with Gasteiger partial charge >= 0.3 is 0 Å². The van der Waals surface area contributed by atoms with Gasteiger partial charge in [0.25, 0.3) is 0 Å². The van der Waals surface area contributed by atoms with Crippen LogP contribution in [-0.2, 0) is 6.42 Å². The maximum Gasteiger partial charge on any atom is 0.190 e. The van der Waals surface area contributed by atoms with Gasteiger partial charge in [-0.25, -0.2) is 0 Å². The minimum atomic E-state index is 0.152. The summed E-state index contributed by atoms with van der Waals surface area (Å²) in [5.74, 6) is 0.152. The summed E-state index contributed by atoms with van der Waals surface area (Å²) in [6, 6.07) is 1.86. The lowest BCUT2D eigenvalue weighted by Crippen LogP contribution is -2.11. The molecular weight excluding hydrogens is 212 g/mol. The van der Waals surface area contributed by atoms with Crippen LogP contribution in [0.15, 0.2) is 17.7 Å². The molecule has 3 nitrogen and oxygen atoms in total. The Kier molecular flexibility index (Phi) is 3.67. The minimum absolute atomic E-state index is 0.152. The van der Waals surface area contributed by atoms with Crippen LogP contribution in [0, 0.1) is 6.92 Å². The van der Waals surface area contributed by atoms with Gasteiger partial charge in [-0.3, -0.25) is 4.79 Å². The number of ketones is 1. The highest BCUT2D eigenvalue weighted by molar-refractivity contribution is 6.09. The van der Waals surface area contributed by atoms with Crippen LogP contribution < -0.4 is 0 Å². The first-order chi connectivity index (χ1) is 8.22. The summed E-state index contributed by atoms with van der Waals surface area (Å²) < 4.78 is 0. The van der Waals surface area contributed by atoms with Crippen molar-refractivity contribution in [3.8, 4) is 0 Å². The molecule has 0 aromatic carbocycles. The highest BCUT2D eigenvalue weighted by atomic mass is 16.1. The van der Waals surface area contributed by atoms with Crippen LogP contribution in [-0.4, -0.2) is 16.0 Å². The number of allylic oxidation sites excluding steroid dienone is 2. The number of aromatic nitrogens is 2. The standard InChI is InChI=1S/C14H18N2O/c1-3-13-12(9-10(2)15-16-13)14(17)11-7-5-4-6-8-11/h7,9H,3-6,8H2,1-2H3. The Morgan fingerprint density at radius 1 is 1.35 bits per heavy atom. The Morgan fingerprint density at radius 3 is 2.82 bits per heavy atom. The average molecular weight is 230 g/mol. The number of hydrogen-bond acceptors (Lipinski definition) is 3. The SMILES string of the molecule is CCc1nnc(C)cc1C(=O)C1=CCCCC1. The number of nitrogens with zero attached hydrogens (tertiary/aromatic N) is 2. The van der Waals surface area contributed by atoms with Crippen molar-refractivity contribution in [1.82, 2.24) is 10.2 Å². The van der Waals surface area contributed by atoms with E-state index in [1.165, 1.54) is 6.42 Å². The van der Waals surface area contributed by atoms with E-state index in [1.807, 2.05) is 19.9 Å². The third-order valence-electron chi connectivity index (χ3n) is 3.15. The Balaban J connectivity index is 2.35. The van der Waals surface area contributed by atoms with Gasteiger partial charge in [-0.1, -0.05) is 13.0 Å². The molecule has 0 fully saturated rings. The zero-order valence-corrected chi connectivity index (χ0v) is 10.5.